The molecule has 0 saturated heterocycles. The Balaban J connectivity index is 1.77. The van der Waals surface area contributed by atoms with Crippen LogP contribution in [0.15, 0.2) is 88.5 Å². The minimum absolute atomic E-state index is 0.0441. The largest absolute Gasteiger partial charge is 0.331 e. The molecule has 5 nitrogen and oxygen atoms in total. The molecule has 0 saturated carbocycles. The van der Waals surface area contributed by atoms with E-state index in [9.17, 15) is 18.8 Å². The molecule has 6 heteroatoms. The van der Waals surface area contributed by atoms with Crippen LogP contribution in [0.1, 0.15) is 41.0 Å². The van der Waals surface area contributed by atoms with Crippen molar-refractivity contribution in [3.63, 3.8) is 0 Å². The topological polar surface area (TPSA) is 61.1 Å². The summed E-state index contributed by atoms with van der Waals surface area (Å²) in [6.07, 6.45) is -1.07. The number of ketones is 1. The molecule has 0 radical (unpaired) electrons. The maximum atomic E-state index is 15.0. The number of aromatic nitrogens is 2. The second kappa shape index (κ2) is 9.14. The van der Waals surface area contributed by atoms with Gasteiger partial charge in [-0.25, -0.2) is 9.18 Å². The SMILES string of the molecule is CCC(=O)c1ccc(Cn2c(=O)n(CC(F)c3ccccc3)c(=O)c3ccccc32)cc1. The maximum absolute atomic E-state index is 15.0. The Labute approximate surface area is 184 Å². The summed E-state index contributed by atoms with van der Waals surface area (Å²) >= 11 is 0. The highest BCUT2D eigenvalue weighted by molar-refractivity contribution is 5.95. The number of fused-ring (bicyclic) bond motifs is 1. The van der Waals surface area contributed by atoms with E-state index in [0.29, 0.717) is 28.5 Å². The summed E-state index contributed by atoms with van der Waals surface area (Å²) in [5.74, 6) is 0.0441. The summed E-state index contributed by atoms with van der Waals surface area (Å²) in [6, 6.07) is 22.4. The van der Waals surface area contributed by atoms with Crippen LogP contribution < -0.4 is 11.2 Å². The highest BCUT2D eigenvalue weighted by atomic mass is 19.1. The number of Topliss-reactive ketones (excluding diaryl/α,β-unsaturated/α-hetero) is 1. The lowest BCUT2D eigenvalue weighted by Crippen LogP contribution is -2.41. The van der Waals surface area contributed by atoms with Gasteiger partial charge < -0.3 is 0 Å². The van der Waals surface area contributed by atoms with Crippen LogP contribution in [-0.4, -0.2) is 14.9 Å². The molecule has 162 valence electrons. The van der Waals surface area contributed by atoms with E-state index < -0.39 is 17.4 Å². The van der Waals surface area contributed by atoms with Crippen LogP contribution in [0.25, 0.3) is 10.9 Å². The third-order valence-electron chi connectivity index (χ3n) is 5.57. The number of nitrogens with zero attached hydrogens (tertiary/aromatic N) is 2. The Morgan fingerprint density at radius 3 is 2.22 bits per heavy atom. The molecule has 0 amide bonds. The Morgan fingerprint density at radius 1 is 0.875 bits per heavy atom. The molecule has 0 fully saturated rings. The van der Waals surface area contributed by atoms with Gasteiger partial charge in [-0.05, 0) is 23.3 Å². The van der Waals surface area contributed by atoms with Crippen molar-refractivity contribution >= 4 is 16.7 Å². The van der Waals surface area contributed by atoms with Crippen molar-refractivity contribution in [2.45, 2.75) is 32.6 Å². The average Bonchev–Trinajstić information content (AvgIpc) is 2.84. The summed E-state index contributed by atoms with van der Waals surface area (Å²) in [4.78, 5) is 38.2. The van der Waals surface area contributed by atoms with Gasteiger partial charge in [0.2, 0.25) is 0 Å². The number of para-hydroxylation sites is 1. The molecule has 0 aliphatic rings. The smallest absolute Gasteiger partial charge is 0.294 e. The quantitative estimate of drug-likeness (QED) is 0.405. The van der Waals surface area contributed by atoms with Crippen molar-refractivity contribution in [1.29, 1.82) is 0 Å². The van der Waals surface area contributed by atoms with E-state index in [1.165, 1.54) is 4.57 Å². The fourth-order valence-electron chi connectivity index (χ4n) is 3.79. The molecule has 4 aromatic rings. The summed E-state index contributed by atoms with van der Waals surface area (Å²) in [5, 5.41) is 0.352. The van der Waals surface area contributed by atoms with Crippen molar-refractivity contribution in [3.8, 4) is 0 Å². The lowest BCUT2D eigenvalue weighted by molar-refractivity contribution is 0.0988. The van der Waals surface area contributed by atoms with Gasteiger partial charge in [0.25, 0.3) is 5.56 Å². The zero-order valence-corrected chi connectivity index (χ0v) is 17.7. The van der Waals surface area contributed by atoms with Gasteiger partial charge in [-0.1, -0.05) is 73.7 Å². The van der Waals surface area contributed by atoms with E-state index in [-0.39, 0.29) is 18.9 Å². The third kappa shape index (κ3) is 4.17. The van der Waals surface area contributed by atoms with Gasteiger partial charge in [-0.3, -0.25) is 18.7 Å². The van der Waals surface area contributed by atoms with E-state index in [1.807, 2.05) is 0 Å². The highest BCUT2D eigenvalue weighted by Gasteiger charge is 2.18. The third-order valence-corrected chi connectivity index (χ3v) is 5.57. The Kier molecular flexibility index (Phi) is 6.12. The van der Waals surface area contributed by atoms with Gasteiger partial charge in [-0.2, -0.15) is 0 Å². The first-order valence-corrected chi connectivity index (χ1v) is 10.5. The summed E-state index contributed by atoms with van der Waals surface area (Å²) < 4.78 is 17.4. The number of carbonyl (C=O) groups is 1. The summed E-state index contributed by atoms with van der Waals surface area (Å²) in [6.45, 7) is 1.64. The maximum Gasteiger partial charge on any atom is 0.331 e. The molecule has 32 heavy (non-hydrogen) atoms. The van der Waals surface area contributed by atoms with Crippen molar-refractivity contribution in [3.05, 3.63) is 116 Å². The summed E-state index contributed by atoms with van der Waals surface area (Å²) in [7, 11) is 0. The number of benzene rings is 3. The predicted molar refractivity (Wildman–Crippen MR) is 123 cm³/mol. The molecule has 0 N–H and O–H groups in total. The number of hydrogen-bond donors (Lipinski definition) is 0. The molecule has 4 rings (SSSR count). The molecule has 0 bridgehead atoms. The molecule has 0 aliphatic carbocycles. The molecule has 0 spiro atoms. The molecule has 0 aliphatic heterocycles. The monoisotopic (exact) mass is 430 g/mol. The van der Waals surface area contributed by atoms with Gasteiger partial charge in [0.05, 0.1) is 24.0 Å². The highest BCUT2D eigenvalue weighted by Crippen LogP contribution is 2.19. The van der Waals surface area contributed by atoms with Crippen molar-refractivity contribution in [1.82, 2.24) is 9.13 Å². The number of alkyl halides is 1. The zero-order chi connectivity index (χ0) is 22.7. The van der Waals surface area contributed by atoms with E-state index >= 15 is 0 Å². The lowest BCUT2D eigenvalue weighted by atomic mass is 10.1. The van der Waals surface area contributed by atoms with Gasteiger partial charge in [0.1, 0.15) is 6.17 Å². The van der Waals surface area contributed by atoms with Gasteiger partial charge in [0.15, 0.2) is 5.78 Å². The van der Waals surface area contributed by atoms with E-state index in [0.717, 1.165) is 10.1 Å². The van der Waals surface area contributed by atoms with Crippen LogP contribution in [0.5, 0.6) is 0 Å². The van der Waals surface area contributed by atoms with Crippen LogP contribution in [0.4, 0.5) is 4.39 Å². The number of carbonyl (C=O) groups excluding carboxylic acids is 1. The normalized spacial score (nSPS) is 12.1. The number of hydrogen-bond acceptors (Lipinski definition) is 3. The minimum Gasteiger partial charge on any atom is -0.294 e. The van der Waals surface area contributed by atoms with E-state index in [4.69, 9.17) is 0 Å². The molecule has 1 heterocycles. The van der Waals surface area contributed by atoms with Gasteiger partial charge in [0, 0.05) is 12.0 Å². The van der Waals surface area contributed by atoms with Crippen molar-refractivity contribution in [2.75, 3.05) is 0 Å². The first kappa shape index (κ1) is 21.4. The molecule has 1 unspecified atom stereocenters. The molecular weight excluding hydrogens is 407 g/mol. The van der Waals surface area contributed by atoms with Crippen LogP contribution in [0.3, 0.4) is 0 Å². The van der Waals surface area contributed by atoms with Gasteiger partial charge in [-0.15, -0.1) is 0 Å². The predicted octanol–water partition coefficient (Wildman–Crippen LogP) is 4.52. The fourth-order valence-corrected chi connectivity index (χ4v) is 3.79. The van der Waals surface area contributed by atoms with Crippen LogP contribution in [-0.2, 0) is 13.1 Å². The molecule has 3 aromatic carbocycles. The minimum atomic E-state index is -1.49. The average molecular weight is 430 g/mol. The second-order valence-corrected chi connectivity index (χ2v) is 7.65. The molecule has 1 aromatic heterocycles. The zero-order valence-electron chi connectivity index (χ0n) is 17.7. The number of rotatable bonds is 7. The Morgan fingerprint density at radius 2 is 1.53 bits per heavy atom. The Hall–Kier alpha value is -3.80. The van der Waals surface area contributed by atoms with E-state index in [1.54, 1.807) is 85.8 Å². The molecular formula is C26H23FN2O3. The van der Waals surface area contributed by atoms with E-state index in [2.05, 4.69) is 0 Å². The van der Waals surface area contributed by atoms with Gasteiger partial charge >= 0.3 is 5.69 Å². The number of halogens is 1. The standard InChI is InChI=1S/C26H23FN2O3/c1-2-24(30)20-14-12-18(13-15-20)16-28-23-11-7-6-10-21(23)25(31)29(26(28)32)17-22(27)19-8-4-3-5-9-19/h3-15,22H,2,16-17H2,1H3. The van der Waals surface area contributed by atoms with Crippen LogP contribution in [0.2, 0.25) is 0 Å². The van der Waals surface area contributed by atoms with Crippen LogP contribution in [0, 0.1) is 0 Å². The van der Waals surface area contributed by atoms with Crippen molar-refractivity contribution < 1.29 is 9.18 Å². The first-order valence-electron chi connectivity index (χ1n) is 10.5. The fraction of sp³-hybridized carbons (Fsp3) is 0.192. The molecule has 1 atom stereocenters. The van der Waals surface area contributed by atoms with Crippen LogP contribution >= 0.6 is 0 Å². The lowest BCUT2D eigenvalue weighted by Gasteiger charge is -2.16. The second-order valence-electron chi connectivity index (χ2n) is 7.65. The Bertz CT molecular complexity index is 1370. The van der Waals surface area contributed by atoms with Crippen molar-refractivity contribution in [2.24, 2.45) is 0 Å². The first-order chi connectivity index (χ1) is 15.5. The summed E-state index contributed by atoms with van der Waals surface area (Å²) in [5.41, 5.74) is 1.24.